The standard InChI is InChI=1S/C24H21ClFN3O3S/c1-15(30)28-8-7-24(13-28)14-29(23(31)11-22-27-12-21(25)33-22)20-6-5-18(10-19(20)24)32-17-4-2-3-16(26)9-17/h2-6,9-10,12H,7-8,11,13-14H2,1H3. The van der Waals surface area contributed by atoms with Crippen molar-refractivity contribution < 1.29 is 18.7 Å². The lowest BCUT2D eigenvalue weighted by atomic mass is 9.81. The number of aromatic nitrogens is 1. The van der Waals surface area contributed by atoms with Gasteiger partial charge in [-0.25, -0.2) is 9.37 Å². The number of carbonyl (C=O) groups excluding carboxylic acids is 2. The number of hydrogen-bond acceptors (Lipinski definition) is 5. The van der Waals surface area contributed by atoms with Crippen molar-refractivity contribution >= 4 is 40.4 Å². The zero-order chi connectivity index (χ0) is 23.2. The van der Waals surface area contributed by atoms with Crippen LogP contribution in [0.2, 0.25) is 4.34 Å². The minimum Gasteiger partial charge on any atom is -0.457 e. The summed E-state index contributed by atoms with van der Waals surface area (Å²) in [4.78, 5) is 33.1. The molecule has 2 aromatic carbocycles. The number of likely N-dealkylation sites (tertiary alicyclic amines) is 1. The van der Waals surface area contributed by atoms with E-state index in [1.807, 2.05) is 17.0 Å². The summed E-state index contributed by atoms with van der Waals surface area (Å²) in [5, 5.41) is 0.662. The highest BCUT2D eigenvalue weighted by molar-refractivity contribution is 7.15. The monoisotopic (exact) mass is 485 g/mol. The molecule has 2 amide bonds. The van der Waals surface area contributed by atoms with Gasteiger partial charge >= 0.3 is 0 Å². The molecule has 33 heavy (non-hydrogen) atoms. The van der Waals surface area contributed by atoms with E-state index in [9.17, 15) is 14.0 Å². The van der Waals surface area contributed by atoms with Crippen LogP contribution in [0.25, 0.3) is 0 Å². The average Bonchev–Trinajstić information content (AvgIpc) is 3.47. The molecule has 1 spiro atoms. The fraction of sp³-hybridized carbons (Fsp3) is 0.292. The first kappa shape index (κ1) is 21.9. The predicted octanol–water partition coefficient (Wildman–Crippen LogP) is 4.81. The van der Waals surface area contributed by atoms with Crippen molar-refractivity contribution in [2.45, 2.75) is 25.2 Å². The number of hydrogen-bond donors (Lipinski definition) is 0. The smallest absolute Gasteiger partial charge is 0.233 e. The highest BCUT2D eigenvalue weighted by Crippen LogP contribution is 2.48. The van der Waals surface area contributed by atoms with Crippen LogP contribution in [0.3, 0.4) is 0 Å². The van der Waals surface area contributed by atoms with Crippen LogP contribution in [0.1, 0.15) is 23.9 Å². The Balaban J connectivity index is 1.48. The Morgan fingerprint density at radius 2 is 2.03 bits per heavy atom. The minimum absolute atomic E-state index is 0.0165. The molecule has 1 atom stereocenters. The van der Waals surface area contributed by atoms with Gasteiger partial charge in [-0.3, -0.25) is 9.59 Å². The van der Waals surface area contributed by atoms with Crippen LogP contribution in [-0.4, -0.2) is 41.3 Å². The van der Waals surface area contributed by atoms with Gasteiger partial charge in [-0.15, -0.1) is 11.3 Å². The maximum Gasteiger partial charge on any atom is 0.233 e. The molecule has 5 rings (SSSR count). The topological polar surface area (TPSA) is 62.7 Å². The molecule has 1 aromatic heterocycles. The number of carbonyl (C=O) groups is 2. The SMILES string of the molecule is CC(=O)N1CCC2(C1)CN(C(=O)Cc1ncc(Cl)s1)c1ccc(Oc3cccc(F)c3)cc12. The summed E-state index contributed by atoms with van der Waals surface area (Å²) < 4.78 is 20.0. The second kappa shape index (κ2) is 8.43. The molecule has 1 unspecified atom stereocenters. The molecule has 3 heterocycles. The number of halogens is 2. The van der Waals surface area contributed by atoms with Gasteiger partial charge in [0.25, 0.3) is 0 Å². The fourth-order valence-corrected chi connectivity index (χ4v) is 5.63. The summed E-state index contributed by atoms with van der Waals surface area (Å²) in [5.74, 6) is 0.521. The van der Waals surface area contributed by atoms with Crippen LogP contribution >= 0.6 is 22.9 Å². The highest BCUT2D eigenvalue weighted by Gasteiger charge is 2.49. The van der Waals surface area contributed by atoms with Gasteiger partial charge in [0, 0.05) is 43.7 Å². The second-order valence-electron chi connectivity index (χ2n) is 8.42. The Labute approximate surface area is 199 Å². The van der Waals surface area contributed by atoms with Gasteiger partial charge in [0.1, 0.15) is 26.7 Å². The quantitative estimate of drug-likeness (QED) is 0.532. The average molecular weight is 486 g/mol. The number of anilines is 1. The largest absolute Gasteiger partial charge is 0.457 e. The van der Waals surface area contributed by atoms with Crippen LogP contribution in [-0.2, 0) is 21.4 Å². The number of nitrogens with zero attached hydrogens (tertiary/aromatic N) is 3. The maximum absolute atomic E-state index is 13.6. The highest BCUT2D eigenvalue weighted by atomic mass is 35.5. The van der Waals surface area contributed by atoms with Gasteiger partial charge in [0.2, 0.25) is 11.8 Å². The third kappa shape index (κ3) is 4.20. The van der Waals surface area contributed by atoms with Gasteiger partial charge in [-0.1, -0.05) is 17.7 Å². The molecule has 3 aromatic rings. The molecule has 0 N–H and O–H groups in total. The first-order valence-corrected chi connectivity index (χ1v) is 11.8. The van der Waals surface area contributed by atoms with Gasteiger partial charge in [0.05, 0.1) is 12.6 Å². The van der Waals surface area contributed by atoms with Gasteiger partial charge in [-0.05, 0) is 42.3 Å². The molecule has 2 aliphatic heterocycles. The zero-order valence-corrected chi connectivity index (χ0v) is 19.5. The van der Waals surface area contributed by atoms with E-state index in [2.05, 4.69) is 4.98 Å². The van der Waals surface area contributed by atoms with Crippen molar-refractivity contribution in [3.05, 3.63) is 69.4 Å². The third-order valence-electron chi connectivity index (χ3n) is 6.25. The van der Waals surface area contributed by atoms with E-state index in [1.54, 1.807) is 36.2 Å². The summed E-state index contributed by atoms with van der Waals surface area (Å²) in [6.45, 7) is 3.21. The predicted molar refractivity (Wildman–Crippen MR) is 125 cm³/mol. The molecule has 9 heteroatoms. The van der Waals surface area contributed by atoms with Crippen molar-refractivity contribution in [1.29, 1.82) is 0 Å². The van der Waals surface area contributed by atoms with E-state index >= 15 is 0 Å². The van der Waals surface area contributed by atoms with Crippen molar-refractivity contribution in [3.8, 4) is 11.5 Å². The Bertz CT molecular complexity index is 1250. The molecule has 1 saturated heterocycles. The Kier molecular flexibility index (Phi) is 5.58. The molecule has 170 valence electrons. The molecule has 0 bridgehead atoms. The minimum atomic E-state index is -0.378. The number of rotatable bonds is 4. The molecule has 0 aliphatic carbocycles. The molecule has 2 aliphatic rings. The van der Waals surface area contributed by atoms with Crippen molar-refractivity contribution in [3.63, 3.8) is 0 Å². The molecule has 0 radical (unpaired) electrons. The summed E-state index contributed by atoms with van der Waals surface area (Å²) in [6.07, 6.45) is 2.45. The Morgan fingerprint density at radius 1 is 1.21 bits per heavy atom. The lowest BCUT2D eigenvalue weighted by Gasteiger charge is -2.25. The number of amides is 2. The maximum atomic E-state index is 13.6. The zero-order valence-electron chi connectivity index (χ0n) is 17.9. The van der Waals surface area contributed by atoms with E-state index in [0.29, 0.717) is 40.5 Å². The molecule has 0 saturated carbocycles. The van der Waals surface area contributed by atoms with Crippen LogP contribution in [0, 0.1) is 5.82 Å². The van der Waals surface area contributed by atoms with E-state index in [0.717, 1.165) is 17.7 Å². The summed E-state index contributed by atoms with van der Waals surface area (Å²) in [6, 6.07) is 11.5. The first-order chi connectivity index (χ1) is 15.8. The Morgan fingerprint density at radius 3 is 2.73 bits per heavy atom. The van der Waals surface area contributed by atoms with Crippen LogP contribution in [0.15, 0.2) is 48.7 Å². The van der Waals surface area contributed by atoms with Crippen molar-refractivity contribution in [2.75, 3.05) is 24.5 Å². The number of thiazole rings is 1. The van der Waals surface area contributed by atoms with Gasteiger partial charge in [0.15, 0.2) is 0 Å². The van der Waals surface area contributed by atoms with Gasteiger partial charge in [-0.2, -0.15) is 0 Å². The van der Waals surface area contributed by atoms with Crippen LogP contribution in [0.5, 0.6) is 11.5 Å². The lowest BCUT2D eigenvalue weighted by Crippen LogP contribution is -2.40. The van der Waals surface area contributed by atoms with Crippen LogP contribution in [0.4, 0.5) is 10.1 Å². The summed E-state index contributed by atoms with van der Waals surface area (Å²) in [7, 11) is 0. The van der Waals surface area contributed by atoms with E-state index in [1.165, 1.54) is 23.5 Å². The molecule has 1 fully saturated rings. The summed E-state index contributed by atoms with van der Waals surface area (Å²) in [5.41, 5.74) is 1.39. The summed E-state index contributed by atoms with van der Waals surface area (Å²) >= 11 is 7.27. The number of ether oxygens (including phenoxy) is 1. The Hall–Kier alpha value is -2.97. The number of benzene rings is 2. The molecular formula is C24H21ClFN3O3S. The van der Waals surface area contributed by atoms with E-state index < -0.39 is 0 Å². The second-order valence-corrected chi connectivity index (χ2v) is 10.2. The van der Waals surface area contributed by atoms with Crippen LogP contribution < -0.4 is 9.64 Å². The third-order valence-corrected chi connectivity index (χ3v) is 7.37. The lowest BCUT2D eigenvalue weighted by molar-refractivity contribution is -0.127. The van der Waals surface area contributed by atoms with Crippen molar-refractivity contribution in [2.24, 2.45) is 0 Å². The number of fused-ring (bicyclic) bond motifs is 2. The fourth-order valence-electron chi connectivity index (χ4n) is 4.69. The van der Waals surface area contributed by atoms with Gasteiger partial charge < -0.3 is 14.5 Å². The van der Waals surface area contributed by atoms with E-state index in [-0.39, 0.29) is 29.5 Å². The first-order valence-electron chi connectivity index (χ1n) is 10.6. The van der Waals surface area contributed by atoms with Crippen molar-refractivity contribution in [1.82, 2.24) is 9.88 Å². The van der Waals surface area contributed by atoms with E-state index in [4.69, 9.17) is 16.3 Å². The normalized spacial score (nSPS) is 19.2. The molecular weight excluding hydrogens is 465 g/mol. The molecule has 6 nitrogen and oxygen atoms in total.